The molecule has 0 aliphatic carbocycles. The van der Waals surface area contributed by atoms with Crippen LogP contribution in [-0.2, 0) is 26.3 Å². The topological polar surface area (TPSA) is 90.0 Å². The van der Waals surface area contributed by atoms with E-state index in [1.54, 1.807) is 44.2 Å². The summed E-state index contributed by atoms with van der Waals surface area (Å²) >= 11 is 6.13. The number of aryl methyl sites for hydroxylation is 2. The lowest BCUT2D eigenvalue weighted by molar-refractivity contribution is -0.139. The van der Waals surface area contributed by atoms with Gasteiger partial charge in [0.05, 0.1) is 5.69 Å². The highest BCUT2D eigenvalue weighted by Crippen LogP contribution is 2.26. The fourth-order valence-electron chi connectivity index (χ4n) is 3.51. The van der Waals surface area contributed by atoms with E-state index >= 15 is 0 Å². The van der Waals surface area contributed by atoms with E-state index in [4.69, 9.17) is 11.6 Å². The van der Waals surface area contributed by atoms with E-state index in [0.717, 1.165) is 19.7 Å². The van der Waals surface area contributed by atoms with Gasteiger partial charge in [0.2, 0.25) is 11.8 Å². The Morgan fingerprint density at radius 3 is 2.26 bits per heavy atom. The van der Waals surface area contributed by atoms with Gasteiger partial charge in [0, 0.05) is 31.7 Å². The summed E-state index contributed by atoms with van der Waals surface area (Å²) in [6.45, 7) is 8.57. The lowest BCUT2D eigenvalue weighted by Gasteiger charge is -2.33. The zero-order valence-electron chi connectivity index (χ0n) is 21.4. The van der Waals surface area contributed by atoms with Crippen LogP contribution in [-0.4, -0.2) is 62.2 Å². The summed E-state index contributed by atoms with van der Waals surface area (Å²) in [5.74, 6) is -0.841. The number of anilines is 1. The van der Waals surface area contributed by atoms with Crippen molar-refractivity contribution in [2.24, 2.45) is 0 Å². The van der Waals surface area contributed by atoms with Gasteiger partial charge in [0.15, 0.2) is 0 Å². The Hall–Kier alpha value is -2.62. The Balaban J connectivity index is 2.51. The molecule has 192 valence electrons. The molecular weight excluding hydrogens is 488 g/mol. The summed E-state index contributed by atoms with van der Waals surface area (Å²) in [6, 6.07) is 11.5. The summed E-state index contributed by atoms with van der Waals surface area (Å²) in [5.41, 5.74) is 2.70. The van der Waals surface area contributed by atoms with Crippen LogP contribution in [0.4, 0.5) is 5.69 Å². The fraction of sp³-hybridized carbons (Fsp3) is 0.440. The lowest BCUT2D eigenvalue weighted by Crippen LogP contribution is -2.53. The Morgan fingerprint density at radius 2 is 1.69 bits per heavy atom. The number of halogens is 1. The van der Waals surface area contributed by atoms with Crippen molar-refractivity contribution in [1.82, 2.24) is 14.5 Å². The molecular formula is C25H35ClN4O4S. The molecule has 0 fully saturated rings. The Kier molecular flexibility index (Phi) is 9.71. The van der Waals surface area contributed by atoms with Crippen molar-refractivity contribution >= 4 is 39.3 Å². The van der Waals surface area contributed by atoms with Gasteiger partial charge < -0.3 is 10.2 Å². The maximum atomic E-state index is 13.7. The minimum atomic E-state index is -4.01. The molecule has 0 heterocycles. The highest BCUT2D eigenvalue weighted by molar-refractivity contribution is 7.90. The molecule has 2 aromatic carbocycles. The van der Waals surface area contributed by atoms with Crippen molar-refractivity contribution in [3.63, 3.8) is 0 Å². The van der Waals surface area contributed by atoms with Gasteiger partial charge in [0.1, 0.15) is 12.6 Å². The highest BCUT2D eigenvalue weighted by Gasteiger charge is 2.33. The molecule has 35 heavy (non-hydrogen) atoms. The molecule has 10 heteroatoms. The van der Waals surface area contributed by atoms with Crippen LogP contribution in [0.25, 0.3) is 0 Å². The summed E-state index contributed by atoms with van der Waals surface area (Å²) < 4.78 is 28.7. The number of hydrogen-bond donors (Lipinski definition) is 1. The minimum Gasteiger partial charge on any atom is -0.352 e. The molecule has 0 aromatic heterocycles. The summed E-state index contributed by atoms with van der Waals surface area (Å²) in [7, 11) is -1.17. The number of amides is 2. The number of nitrogens with zero attached hydrogens (tertiary/aromatic N) is 3. The molecule has 1 unspecified atom stereocenters. The van der Waals surface area contributed by atoms with E-state index in [1.165, 1.54) is 19.0 Å². The Bertz CT molecular complexity index is 1170. The molecule has 0 spiro atoms. The number of carbonyl (C=O) groups is 2. The number of rotatable bonds is 10. The van der Waals surface area contributed by atoms with E-state index in [2.05, 4.69) is 5.32 Å². The Morgan fingerprint density at radius 1 is 1.03 bits per heavy atom. The largest absolute Gasteiger partial charge is 0.352 e. The standard InChI is InChI=1S/C25H35ClN4O4S/c1-17(2)27-25(32)20(5)29(15-21-9-8-10-22(26)14-21)24(31)16-30(35(33,34)28(6)7)23-13-18(3)11-12-19(23)4/h8-14,17,20H,15-16H2,1-7H3,(H,27,32). The van der Waals surface area contributed by atoms with Crippen LogP contribution in [0, 0.1) is 13.8 Å². The molecule has 0 aliphatic heterocycles. The number of hydrogen-bond acceptors (Lipinski definition) is 4. The quantitative estimate of drug-likeness (QED) is 0.517. The first-order valence-corrected chi connectivity index (χ1v) is 13.1. The SMILES string of the molecule is Cc1ccc(C)c(N(CC(=O)N(Cc2cccc(Cl)c2)C(C)C(=O)NC(C)C)S(=O)(=O)N(C)C)c1. The zero-order valence-corrected chi connectivity index (χ0v) is 22.9. The summed E-state index contributed by atoms with van der Waals surface area (Å²) in [4.78, 5) is 27.9. The van der Waals surface area contributed by atoms with Crippen LogP contribution in [0.15, 0.2) is 42.5 Å². The van der Waals surface area contributed by atoms with Crippen LogP contribution in [0.3, 0.4) is 0 Å². The van der Waals surface area contributed by atoms with E-state index in [-0.39, 0.29) is 18.5 Å². The normalized spacial score (nSPS) is 12.5. The van der Waals surface area contributed by atoms with Crippen molar-refractivity contribution in [2.75, 3.05) is 24.9 Å². The monoisotopic (exact) mass is 522 g/mol. The molecule has 2 aromatic rings. The second kappa shape index (κ2) is 11.9. The molecule has 0 radical (unpaired) electrons. The number of carbonyl (C=O) groups excluding carboxylic acids is 2. The van der Waals surface area contributed by atoms with Gasteiger partial charge in [-0.05, 0) is 69.5 Å². The third kappa shape index (κ3) is 7.43. The van der Waals surface area contributed by atoms with Crippen LogP contribution in [0.2, 0.25) is 5.02 Å². The third-order valence-corrected chi connectivity index (χ3v) is 7.53. The zero-order chi connectivity index (χ0) is 26.5. The first-order valence-electron chi connectivity index (χ1n) is 11.4. The molecule has 2 amide bonds. The molecule has 0 saturated heterocycles. The average molecular weight is 523 g/mol. The predicted octanol–water partition coefficient (Wildman–Crippen LogP) is 3.51. The Labute approximate surface area is 214 Å². The van der Waals surface area contributed by atoms with Gasteiger partial charge in [0.25, 0.3) is 0 Å². The molecule has 1 atom stereocenters. The van der Waals surface area contributed by atoms with Crippen molar-refractivity contribution in [3.8, 4) is 0 Å². The smallest absolute Gasteiger partial charge is 0.304 e. The first kappa shape index (κ1) is 28.6. The van der Waals surface area contributed by atoms with Gasteiger partial charge >= 0.3 is 10.2 Å². The van der Waals surface area contributed by atoms with Gasteiger partial charge in [-0.2, -0.15) is 12.7 Å². The van der Waals surface area contributed by atoms with Crippen LogP contribution in [0.5, 0.6) is 0 Å². The number of nitrogens with one attached hydrogen (secondary N) is 1. The highest BCUT2D eigenvalue weighted by atomic mass is 35.5. The van der Waals surface area contributed by atoms with E-state index in [0.29, 0.717) is 16.3 Å². The van der Waals surface area contributed by atoms with Crippen molar-refractivity contribution in [3.05, 3.63) is 64.2 Å². The third-order valence-electron chi connectivity index (χ3n) is 5.49. The molecule has 2 rings (SSSR count). The molecule has 8 nitrogen and oxygen atoms in total. The first-order chi connectivity index (χ1) is 16.2. The van der Waals surface area contributed by atoms with E-state index in [9.17, 15) is 18.0 Å². The van der Waals surface area contributed by atoms with Gasteiger partial charge in [-0.25, -0.2) is 4.31 Å². The van der Waals surface area contributed by atoms with Crippen molar-refractivity contribution in [2.45, 2.75) is 53.2 Å². The van der Waals surface area contributed by atoms with Gasteiger partial charge in [-0.1, -0.05) is 35.9 Å². The second-order valence-corrected chi connectivity index (χ2v) is 11.6. The maximum Gasteiger partial charge on any atom is 0.304 e. The van der Waals surface area contributed by atoms with Gasteiger partial charge in [-0.15, -0.1) is 0 Å². The second-order valence-electron chi connectivity index (χ2n) is 9.08. The summed E-state index contributed by atoms with van der Waals surface area (Å²) in [6.07, 6.45) is 0. The van der Waals surface area contributed by atoms with Crippen LogP contribution in [0.1, 0.15) is 37.5 Å². The molecule has 0 aliphatic rings. The van der Waals surface area contributed by atoms with Crippen LogP contribution < -0.4 is 9.62 Å². The molecule has 0 bridgehead atoms. The summed E-state index contributed by atoms with van der Waals surface area (Å²) in [5, 5.41) is 3.33. The van der Waals surface area contributed by atoms with E-state index < -0.39 is 28.7 Å². The van der Waals surface area contributed by atoms with E-state index in [1.807, 2.05) is 32.9 Å². The maximum absolute atomic E-state index is 13.7. The van der Waals surface area contributed by atoms with Crippen molar-refractivity contribution < 1.29 is 18.0 Å². The number of benzene rings is 2. The van der Waals surface area contributed by atoms with Gasteiger partial charge in [-0.3, -0.25) is 9.59 Å². The average Bonchev–Trinajstić information content (AvgIpc) is 2.76. The molecule has 1 N–H and O–H groups in total. The van der Waals surface area contributed by atoms with Crippen molar-refractivity contribution in [1.29, 1.82) is 0 Å². The predicted molar refractivity (Wildman–Crippen MR) is 141 cm³/mol. The minimum absolute atomic E-state index is 0.0920. The lowest BCUT2D eigenvalue weighted by atomic mass is 10.1. The van der Waals surface area contributed by atoms with Crippen LogP contribution >= 0.6 is 11.6 Å². The molecule has 0 saturated carbocycles. The fourth-order valence-corrected chi connectivity index (χ4v) is 4.84.